The molecule has 0 amide bonds. The molecule has 0 heterocycles. The van der Waals surface area contributed by atoms with Gasteiger partial charge < -0.3 is 10.1 Å². The number of nitrogens with one attached hydrogen (secondary N) is 1. The minimum atomic E-state index is 0. The number of halogens is 1. The lowest BCUT2D eigenvalue weighted by molar-refractivity contribution is 0.414. The van der Waals surface area contributed by atoms with Crippen molar-refractivity contribution in [1.82, 2.24) is 5.32 Å². The van der Waals surface area contributed by atoms with Crippen LogP contribution in [-0.4, -0.2) is 13.2 Å². The zero-order valence-corrected chi connectivity index (χ0v) is 12.5. The second kappa shape index (κ2) is 6.78. The van der Waals surface area contributed by atoms with Crippen LogP contribution in [0.1, 0.15) is 16.7 Å². The fourth-order valence-electron chi connectivity index (χ4n) is 2.71. The summed E-state index contributed by atoms with van der Waals surface area (Å²) in [6, 6.07) is 17.6. The molecule has 20 heavy (non-hydrogen) atoms. The molecule has 3 heteroatoms. The Morgan fingerprint density at radius 2 is 1.60 bits per heavy atom. The van der Waals surface area contributed by atoms with E-state index in [9.17, 15) is 0 Å². The number of benzene rings is 2. The molecule has 0 bridgehead atoms. The maximum Gasteiger partial charge on any atom is 0.118 e. The molecule has 0 fully saturated rings. The van der Waals surface area contributed by atoms with Crippen molar-refractivity contribution in [2.75, 3.05) is 7.11 Å². The van der Waals surface area contributed by atoms with Crippen molar-refractivity contribution in [1.29, 1.82) is 0 Å². The number of ether oxygens (including phenoxy) is 1. The molecule has 0 saturated carbocycles. The highest BCUT2D eigenvalue weighted by atomic mass is 35.5. The fraction of sp³-hybridized carbons (Fsp3) is 0.294. The first-order valence-corrected chi connectivity index (χ1v) is 6.78. The third kappa shape index (κ3) is 3.33. The molecule has 0 unspecified atom stereocenters. The van der Waals surface area contributed by atoms with Crippen LogP contribution in [0, 0.1) is 0 Å². The Labute approximate surface area is 126 Å². The van der Waals surface area contributed by atoms with Crippen LogP contribution < -0.4 is 10.1 Å². The third-order valence-electron chi connectivity index (χ3n) is 3.80. The first kappa shape index (κ1) is 14.9. The molecule has 1 N–H and O–H groups in total. The molecule has 0 atom stereocenters. The maximum atomic E-state index is 5.17. The van der Waals surface area contributed by atoms with Gasteiger partial charge in [-0.05, 0) is 41.7 Å². The number of hydrogen-bond donors (Lipinski definition) is 1. The van der Waals surface area contributed by atoms with E-state index in [4.69, 9.17) is 4.74 Å². The van der Waals surface area contributed by atoms with E-state index in [-0.39, 0.29) is 12.4 Å². The molecule has 106 valence electrons. The van der Waals surface area contributed by atoms with Gasteiger partial charge in [-0.25, -0.2) is 0 Å². The quantitative estimate of drug-likeness (QED) is 0.932. The van der Waals surface area contributed by atoms with Crippen molar-refractivity contribution in [3.63, 3.8) is 0 Å². The van der Waals surface area contributed by atoms with Crippen LogP contribution in [-0.2, 0) is 19.4 Å². The average molecular weight is 290 g/mol. The highest BCUT2D eigenvalue weighted by Crippen LogP contribution is 2.22. The predicted octanol–water partition coefficient (Wildman–Crippen LogP) is 3.37. The zero-order valence-electron chi connectivity index (χ0n) is 11.6. The largest absolute Gasteiger partial charge is 0.497 e. The van der Waals surface area contributed by atoms with Gasteiger partial charge in [-0.3, -0.25) is 0 Å². The van der Waals surface area contributed by atoms with Gasteiger partial charge in [-0.15, -0.1) is 12.4 Å². The molecule has 0 aliphatic heterocycles. The van der Waals surface area contributed by atoms with Crippen LogP contribution in [0.15, 0.2) is 48.5 Å². The summed E-state index contributed by atoms with van der Waals surface area (Å²) < 4.78 is 5.17. The van der Waals surface area contributed by atoms with Gasteiger partial charge >= 0.3 is 0 Å². The molecule has 0 radical (unpaired) electrons. The maximum absolute atomic E-state index is 5.17. The van der Waals surface area contributed by atoms with Gasteiger partial charge in [0.2, 0.25) is 0 Å². The molecule has 0 spiro atoms. The topological polar surface area (TPSA) is 21.3 Å². The van der Waals surface area contributed by atoms with Crippen LogP contribution in [0.5, 0.6) is 5.75 Å². The average Bonchev–Trinajstić information content (AvgIpc) is 2.88. The molecule has 2 aromatic carbocycles. The second-order valence-electron chi connectivity index (χ2n) is 5.10. The molecule has 1 aliphatic rings. The Kier molecular flexibility index (Phi) is 5.05. The van der Waals surface area contributed by atoms with E-state index in [2.05, 4.69) is 41.7 Å². The van der Waals surface area contributed by atoms with Gasteiger partial charge in [0.15, 0.2) is 0 Å². The molecule has 2 aromatic rings. The molecule has 2 nitrogen and oxygen atoms in total. The van der Waals surface area contributed by atoms with E-state index >= 15 is 0 Å². The summed E-state index contributed by atoms with van der Waals surface area (Å²) >= 11 is 0. The third-order valence-corrected chi connectivity index (χ3v) is 3.80. The van der Waals surface area contributed by atoms with Crippen LogP contribution in [0.2, 0.25) is 0 Å². The van der Waals surface area contributed by atoms with Crippen molar-refractivity contribution in [3.8, 4) is 5.75 Å². The molecule has 0 aromatic heterocycles. The van der Waals surface area contributed by atoms with Crippen LogP contribution in [0.3, 0.4) is 0 Å². The molecular weight excluding hydrogens is 270 g/mol. The van der Waals surface area contributed by atoms with E-state index in [1.54, 1.807) is 7.11 Å². The second-order valence-corrected chi connectivity index (χ2v) is 5.10. The number of rotatable bonds is 4. The van der Waals surface area contributed by atoms with Crippen LogP contribution in [0.25, 0.3) is 0 Å². The summed E-state index contributed by atoms with van der Waals surface area (Å²) in [7, 11) is 1.70. The van der Waals surface area contributed by atoms with Gasteiger partial charge in [0, 0.05) is 12.6 Å². The summed E-state index contributed by atoms with van der Waals surface area (Å²) in [4.78, 5) is 0. The fourth-order valence-corrected chi connectivity index (χ4v) is 2.71. The van der Waals surface area contributed by atoms with Gasteiger partial charge in [0.1, 0.15) is 5.75 Å². The summed E-state index contributed by atoms with van der Waals surface area (Å²) in [6.45, 7) is 0.919. The zero-order chi connectivity index (χ0) is 13.1. The molecule has 3 rings (SSSR count). The number of fused-ring (bicyclic) bond motifs is 1. The van der Waals surface area contributed by atoms with Gasteiger partial charge in [-0.1, -0.05) is 36.4 Å². The Bertz CT molecular complexity index is 528. The Hall–Kier alpha value is -1.51. The summed E-state index contributed by atoms with van der Waals surface area (Å²) in [5, 5.41) is 3.64. The highest BCUT2D eigenvalue weighted by molar-refractivity contribution is 5.85. The van der Waals surface area contributed by atoms with Crippen molar-refractivity contribution < 1.29 is 4.74 Å². The lowest BCUT2D eigenvalue weighted by Crippen LogP contribution is -2.28. The molecule has 1 aliphatic carbocycles. The Morgan fingerprint density at radius 1 is 1.00 bits per heavy atom. The molecular formula is C17H20ClNO. The van der Waals surface area contributed by atoms with Crippen molar-refractivity contribution in [3.05, 3.63) is 65.2 Å². The van der Waals surface area contributed by atoms with E-state index < -0.39 is 0 Å². The monoisotopic (exact) mass is 289 g/mol. The molecule has 0 saturated heterocycles. The van der Waals surface area contributed by atoms with Crippen molar-refractivity contribution >= 4 is 12.4 Å². The minimum absolute atomic E-state index is 0. The summed E-state index contributed by atoms with van der Waals surface area (Å²) in [6.07, 6.45) is 2.29. The summed E-state index contributed by atoms with van der Waals surface area (Å²) in [5.74, 6) is 0.914. The summed E-state index contributed by atoms with van der Waals surface area (Å²) in [5.41, 5.74) is 4.29. The first-order valence-electron chi connectivity index (χ1n) is 6.78. The van der Waals surface area contributed by atoms with E-state index in [0.29, 0.717) is 6.04 Å². The first-order chi connectivity index (χ1) is 9.35. The van der Waals surface area contributed by atoms with E-state index in [0.717, 1.165) is 25.1 Å². The van der Waals surface area contributed by atoms with Gasteiger partial charge in [0.05, 0.1) is 7.11 Å². The van der Waals surface area contributed by atoms with Crippen LogP contribution in [0.4, 0.5) is 0 Å². The SMILES string of the molecule is COc1ccc(CNC2Cc3ccccc3C2)cc1.Cl. The number of methoxy groups -OCH3 is 1. The predicted molar refractivity (Wildman–Crippen MR) is 84.7 cm³/mol. The smallest absolute Gasteiger partial charge is 0.118 e. The lowest BCUT2D eigenvalue weighted by Gasteiger charge is -2.12. The standard InChI is InChI=1S/C17H19NO.ClH/c1-19-17-8-6-13(7-9-17)12-18-16-10-14-4-2-3-5-15(14)11-16;/h2-9,16,18H,10-12H2,1H3;1H. The Balaban J connectivity index is 0.00000147. The van der Waals surface area contributed by atoms with E-state index in [1.807, 2.05) is 12.1 Å². The van der Waals surface area contributed by atoms with Crippen LogP contribution >= 0.6 is 12.4 Å². The van der Waals surface area contributed by atoms with Crippen molar-refractivity contribution in [2.45, 2.75) is 25.4 Å². The van der Waals surface area contributed by atoms with E-state index in [1.165, 1.54) is 16.7 Å². The normalized spacial score (nSPS) is 13.7. The van der Waals surface area contributed by atoms with Gasteiger partial charge in [0.25, 0.3) is 0 Å². The van der Waals surface area contributed by atoms with Gasteiger partial charge in [-0.2, -0.15) is 0 Å². The van der Waals surface area contributed by atoms with Crippen molar-refractivity contribution in [2.24, 2.45) is 0 Å². The number of hydrogen-bond acceptors (Lipinski definition) is 2. The minimum Gasteiger partial charge on any atom is -0.497 e. The lowest BCUT2D eigenvalue weighted by atomic mass is 10.1. The highest BCUT2D eigenvalue weighted by Gasteiger charge is 2.19. The Morgan fingerprint density at radius 3 is 2.15 bits per heavy atom.